The number of fused-ring (bicyclic) bond motifs is 2. The molecule has 0 aromatic carbocycles. The third-order valence-electron chi connectivity index (χ3n) is 12.4. The largest absolute Gasteiger partial charge is 0.0654 e. The van der Waals surface area contributed by atoms with E-state index < -0.39 is 0 Å². The summed E-state index contributed by atoms with van der Waals surface area (Å²) >= 11 is 0. The zero-order chi connectivity index (χ0) is 24.1. The molecule has 0 saturated heterocycles. The fraction of sp³-hybridized carbons (Fsp3) is 1.00. The molecule has 0 aliphatic heterocycles. The van der Waals surface area contributed by atoms with Gasteiger partial charge in [0.2, 0.25) is 0 Å². The lowest BCUT2D eigenvalue weighted by Crippen LogP contribution is -2.45. The topological polar surface area (TPSA) is 0 Å². The molecule has 5 aliphatic carbocycles. The molecule has 0 bridgehead atoms. The predicted molar refractivity (Wildman–Crippen MR) is 150 cm³/mol. The molecule has 5 aliphatic rings. The molecule has 34 heavy (non-hydrogen) atoms. The Morgan fingerprint density at radius 2 is 1.35 bits per heavy atom. The second kappa shape index (κ2) is 13.0. The fourth-order valence-electron chi connectivity index (χ4n) is 10.5. The van der Waals surface area contributed by atoms with Crippen molar-refractivity contribution in [2.45, 2.75) is 150 Å². The molecule has 5 saturated carbocycles. The van der Waals surface area contributed by atoms with Gasteiger partial charge in [0.05, 0.1) is 0 Å². The summed E-state index contributed by atoms with van der Waals surface area (Å²) in [4.78, 5) is 0. The molecule has 0 spiro atoms. The maximum atomic E-state index is 2.63. The third-order valence-corrected chi connectivity index (χ3v) is 12.4. The highest BCUT2D eigenvalue weighted by atomic mass is 14.5. The Labute approximate surface area is 215 Å². The van der Waals surface area contributed by atoms with Gasteiger partial charge in [0.25, 0.3) is 0 Å². The van der Waals surface area contributed by atoms with Gasteiger partial charge in [-0.1, -0.05) is 105 Å². The van der Waals surface area contributed by atoms with Gasteiger partial charge in [-0.25, -0.2) is 0 Å². The van der Waals surface area contributed by atoms with Gasteiger partial charge < -0.3 is 0 Å². The Balaban J connectivity index is 0.000000226. The van der Waals surface area contributed by atoms with Gasteiger partial charge in [-0.15, -0.1) is 0 Å². The first-order valence-corrected chi connectivity index (χ1v) is 16.6. The predicted octanol–water partition coefficient (Wildman–Crippen LogP) is 10.9. The monoisotopic (exact) mass is 470 g/mol. The van der Waals surface area contributed by atoms with E-state index in [-0.39, 0.29) is 0 Å². The average molecular weight is 471 g/mol. The van der Waals surface area contributed by atoms with Crippen molar-refractivity contribution in [2.24, 2.45) is 65.1 Å². The normalized spacial score (nSPS) is 46.3. The number of rotatable bonds is 6. The summed E-state index contributed by atoms with van der Waals surface area (Å²) in [5.74, 6) is 11.9. The third kappa shape index (κ3) is 6.10. The molecule has 0 aromatic rings. The van der Waals surface area contributed by atoms with Crippen LogP contribution in [0.3, 0.4) is 0 Å². The summed E-state index contributed by atoms with van der Waals surface area (Å²) in [6.45, 7) is 12.4. The molecule has 0 heterocycles. The van der Waals surface area contributed by atoms with E-state index in [4.69, 9.17) is 0 Å². The lowest BCUT2D eigenvalue weighted by molar-refractivity contribution is -0.0297. The van der Waals surface area contributed by atoms with Crippen LogP contribution in [0.1, 0.15) is 150 Å². The van der Waals surface area contributed by atoms with Crippen LogP contribution in [0.15, 0.2) is 0 Å². The van der Waals surface area contributed by atoms with Gasteiger partial charge in [0.1, 0.15) is 0 Å². The molecule has 5 rings (SSSR count). The van der Waals surface area contributed by atoms with Gasteiger partial charge in [0.15, 0.2) is 0 Å². The van der Waals surface area contributed by atoms with Crippen LogP contribution in [0, 0.1) is 65.1 Å². The van der Waals surface area contributed by atoms with Gasteiger partial charge in [-0.2, -0.15) is 0 Å². The summed E-state index contributed by atoms with van der Waals surface area (Å²) in [6, 6.07) is 0. The second-order valence-electron chi connectivity index (χ2n) is 14.1. The Hall–Kier alpha value is 0. The number of hydrogen-bond donors (Lipinski definition) is 0. The van der Waals surface area contributed by atoms with E-state index in [2.05, 4.69) is 34.6 Å². The molecule has 0 radical (unpaired) electrons. The van der Waals surface area contributed by atoms with Crippen LogP contribution in [0.2, 0.25) is 0 Å². The quantitative estimate of drug-likeness (QED) is 0.362. The van der Waals surface area contributed by atoms with Crippen molar-refractivity contribution in [3.8, 4) is 0 Å². The molecular formula is C34H62. The van der Waals surface area contributed by atoms with Crippen molar-refractivity contribution in [2.75, 3.05) is 0 Å². The van der Waals surface area contributed by atoms with E-state index in [1.807, 2.05) is 0 Å². The highest BCUT2D eigenvalue weighted by molar-refractivity contribution is 4.99. The minimum Gasteiger partial charge on any atom is -0.0654 e. The first-order valence-electron chi connectivity index (χ1n) is 16.6. The van der Waals surface area contributed by atoms with E-state index in [9.17, 15) is 0 Å². The van der Waals surface area contributed by atoms with Gasteiger partial charge in [0, 0.05) is 0 Å². The van der Waals surface area contributed by atoms with E-state index in [0.29, 0.717) is 0 Å². The molecular weight excluding hydrogens is 408 g/mol. The Morgan fingerprint density at radius 1 is 0.588 bits per heavy atom. The smallest absolute Gasteiger partial charge is 0.0321 e. The molecule has 5 fully saturated rings. The highest BCUT2D eigenvalue weighted by Crippen LogP contribution is 2.57. The van der Waals surface area contributed by atoms with Crippen LogP contribution in [-0.2, 0) is 0 Å². The maximum absolute atomic E-state index is 2.63. The van der Waals surface area contributed by atoms with Gasteiger partial charge >= 0.3 is 0 Å². The van der Waals surface area contributed by atoms with Crippen LogP contribution < -0.4 is 0 Å². The van der Waals surface area contributed by atoms with Crippen LogP contribution in [-0.4, -0.2) is 0 Å². The summed E-state index contributed by atoms with van der Waals surface area (Å²) in [7, 11) is 0. The van der Waals surface area contributed by atoms with Crippen molar-refractivity contribution in [3.63, 3.8) is 0 Å². The van der Waals surface area contributed by atoms with E-state index >= 15 is 0 Å². The summed E-state index contributed by atoms with van der Waals surface area (Å²) in [5.41, 5.74) is 0. The molecule has 0 heteroatoms. The Morgan fingerprint density at radius 3 is 2.09 bits per heavy atom. The van der Waals surface area contributed by atoms with Crippen molar-refractivity contribution in [1.29, 1.82) is 0 Å². The van der Waals surface area contributed by atoms with Gasteiger partial charge in [-0.3, -0.25) is 0 Å². The van der Waals surface area contributed by atoms with E-state index in [1.54, 1.807) is 57.8 Å². The van der Waals surface area contributed by atoms with Crippen molar-refractivity contribution in [1.82, 2.24) is 0 Å². The first kappa shape index (κ1) is 27.0. The molecule has 11 atom stereocenters. The standard InChI is InChI=1S/C24H44.C10H18/c1-5-8-11-21-17(4)15-20-10-9-12-22(20)24(21)23-16-18(6-2)13-14-19(23)7-3;1-8-6-7-9-4-2-3-5-10(8)9/h17-24H,5-16H2,1-4H3;8-10H,2-7H2,1H3. The fourth-order valence-corrected chi connectivity index (χ4v) is 10.5. The minimum absolute atomic E-state index is 1.00. The van der Waals surface area contributed by atoms with Crippen LogP contribution in [0.5, 0.6) is 0 Å². The molecule has 0 amide bonds. The highest BCUT2D eigenvalue weighted by Gasteiger charge is 2.49. The minimum atomic E-state index is 1.00. The second-order valence-corrected chi connectivity index (χ2v) is 14.1. The summed E-state index contributed by atoms with van der Waals surface area (Å²) in [6.07, 6.45) is 27.4. The maximum Gasteiger partial charge on any atom is -0.0321 e. The van der Waals surface area contributed by atoms with Crippen molar-refractivity contribution < 1.29 is 0 Å². The number of hydrogen-bond acceptors (Lipinski definition) is 0. The molecule has 198 valence electrons. The number of unbranched alkanes of at least 4 members (excludes halogenated alkanes) is 1. The lowest BCUT2D eigenvalue weighted by atomic mass is 9.53. The van der Waals surface area contributed by atoms with Crippen LogP contribution in [0.25, 0.3) is 0 Å². The zero-order valence-electron chi connectivity index (χ0n) is 24.1. The summed E-state index contributed by atoms with van der Waals surface area (Å²) < 4.78 is 0. The zero-order valence-corrected chi connectivity index (χ0v) is 24.1. The first-order chi connectivity index (χ1) is 16.6. The summed E-state index contributed by atoms with van der Waals surface area (Å²) in [5, 5.41) is 0. The van der Waals surface area contributed by atoms with E-state index in [1.165, 1.54) is 57.8 Å². The van der Waals surface area contributed by atoms with Gasteiger partial charge in [-0.05, 0) is 110 Å². The Kier molecular flexibility index (Phi) is 10.3. The molecule has 11 unspecified atom stereocenters. The molecule has 0 N–H and O–H groups in total. The molecule has 0 nitrogen and oxygen atoms in total. The van der Waals surface area contributed by atoms with Crippen LogP contribution in [0.4, 0.5) is 0 Å². The van der Waals surface area contributed by atoms with Crippen LogP contribution >= 0.6 is 0 Å². The average Bonchev–Trinajstić information content (AvgIpc) is 3.49. The van der Waals surface area contributed by atoms with Crippen molar-refractivity contribution in [3.05, 3.63) is 0 Å². The Bertz CT molecular complexity index is 577. The SMILES string of the molecule is CC1CCC2CCCCC12.CCCCC1C(C)CC2CCCC2C1C1CC(CC)CCC1CC. The molecule has 0 aromatic heterocycles. The lowest BCUT2D eigenvalue weighted by Gasteiger charge is -2.52. The van der Waals surface area contributed by atoms with Crippen molar-refractivity contribution >= 4 is 0 Å². The van der Waals surface area contributed by atoms with E-state index in [0.717, 1.165) is 65.1 Å².